The third kappa shape index (κ3) is 3.60. The molecule has 1 aromatic carbocycles. The van der Waals surface area contributed by atoms with Crippen molar-refractivity contribution >= 4 is 10.0 Å². The highest BCUT2D eigenvalue weighted by Crippen LogP contribution is 2.25. The molecule has 0 amide bonds. The van der Waals surface area contributed by atoms with E-state index in [1.165, 1.54) is 6.42 Å². The molecule has 2 rings (SSSR count). The molecular weight excluding hydrogens is 274 g/mol. The summed E-state index contributed by atoms with van der Waals surface area (Å²) in [5.41, 5.74) is 1.52. The van der Waals surface area contributed by atoms with Gasteiger partial charge in [-0.25, -0.2) is 13.1 Å². The number of hydrogen-bond acceptors (Lipinski definition) is 3. The molecule has 1 aliphatic carbocycles. The van der Waals surface area contributed by atoms with Crippen LogP contribution in [0.2, 0.25) is 0 Å². The quantitative estimate of drug-likeness (QED) is 0.825. The molecule has 108 valence electrons. The van der Waals surface area contributed by atoms with Crippen LogP contribution in [-0.4, -0.2) is 26.7 Å². The first-order valence-corrected chi connectivity index (χ1v) is 8.21. The summed E-state index contributed by atoms with van der Waals surface area (Å²) in [7, 11) is -3.44. The largest absolute Gasteiger partial charge is 0.384 e. The molecule has 0 atom stereocenters. The molecule has 1 fully saturated rings. The van der Waals surface area contributed by atoms with E-state index in [0.29, 0.717) is 12.5 Å². The molecule has 0 spiro atoms. The summed E-state index contributed by atoms with van der Waals surface area (Å²) < 4.78 is 27.0. The van der Waals surface area contributed by atoms with Gasteiger partial charge in [-0.1, -0.05) is 18.3 Å². The van der Waals surface area contributed by atoms with Gasteiger partial charge in [-0.2, -0.15) is 0 Å². The topological polar surface area (TPSA) is 66.4 Å². The zero-order chi connectivity index (χ0) is 14.6. The van der Waals surface area contributed by atoms with E-state index >= 15 is 0 Å². The lowest BCUT2D eigenvalue weighted by atomic mass is 9.86. The van der Waals surface area contributed by atoms with E-state index in [0.717, 1.165) is 24.0 Å². The Morgan fingerprint density at radius 2 is 2.15 bits per heavy atom. The lowest BCUT2D eigenvalue weighted by Crippen LogP contribution is -2.32. The summed E-state index contributed by atoms with van der Waals surface area (Å²) in [5.74, 6) is 5.84. The van der Waals surface area contributed by atoms with Crippen LogP contribution in [0.3, 0.4) is 0 Å². The highest BCUT2D eigenvalue weighted by molar-refractivity contribution is 7.89. The van der Waals surface area contributed by atoms with Crippen LogP contribution in [0.4, 0.5) is 0 Å². The molecule has 0 unspecified atom stereocenters. The van der Waals surface area contributed by atoms with Crippen LogP contribution in [0.15, 0.2) is 23.1 Å². The van der Waals surface area contributed by atoms with Gasteiger partial charge in [0.15, 0.2) is 0 Å². The number of hydrogen-bond donors (Lipinski definition) is 2. The number of sulfonamides is 1. The van der Waals surface area contributed by atoms with Gasteiger partial charge in [0.2, 0.25) is 10.0 Å². The summed E-state index contributed by atoms with van der Waals surface area (Å²) in [6.45, 7) is 2.13. The van der Waals surface area contributed by atoms with Gasteiger partial charge in [0.25, 0.3) is 0 Å². The Labute approximate surface area is 120 Å². The fourth-order valence-corrected chi connectivity index (χ4v) is 3.29. The molecule has 0 aliphatic heterocycles. The minimum atomic E-state index is -3.44. The highest BCUT2D eigenvalue weighted by Gasteiger charge is 2.21. The van der Waals surface area contributed by atoms with Crippen LogP contribution in [0.1, 0.15) is 30.4 Å². The predicted octanol–water partition coefficient (Wildman–Crippen LogP) is 1.42. The average Bonchev–Trinajstić information content (AvgIpc) is 2.35. The van der Waals surface area contributed by atoms with Crippen molar-refractivity contribution in [3.63, 3.8) is 0 Å². The third-order valence-electron chi connectivity index (χ3n) is 3.60. The number of aryl methyl sites for hydroxylation is 1. The van der Waals surface area contributed by atoms with E-state index in [9.17, 15) is 8.42 Å². The van der Waals surface area contributed by atoms with Crippen molar-refractivity contribution in [2.45, 2.75) is 31.1 Å². The molecule has 0 bridgehead atoms. The van der Waals surface area contributed by atoms with Crippen molar-refractivity contribution < 1.29 is 13.5 Å². The van der Waals surface area contributed by atoms with Gasteiger partial charge in [0.1, 0.15) is 6.61 Å². The first kappa shape index (κ1) is 15.0. The summed E-state index contributed by atoms with van der Waals surface area (Å²) in [4.78, 5) is 0.267. The number of rotatable bonds is 4. The van der Waals surface area contributed by atoms with Gasteiger partial charge >= 0.3 is 0 Å². The second-order valence-electron chi connectivity index (χ2n) is 5.09. The fraction of sp³-hybridized carbons (Fsp3) is 0.467. The van der Waals surface area contributed by atoms with Gasteiger partial charge in [0, 0.05) is 12.1 Å². The van der Waals surface area contributed by atoms with E-state index in [2.05, 4.69) is 16.6 Å². The average molecular weight is 293 g/mol. The number of aliphatic hydroxyl groups excluding tert-OH is 1. The lowest BCUT2D eigenvalue weighted by molar-refractivity contribution is 0.316. The molecule has 4 nitrogen and oxygen atoms in total. The van der Waals surface area contributed by atoms with Gasteiger partial charge in [-0.15, -0.1) is 0 Å². The number of nitrogens with one attached hydrogen (secondary N) is 1. The van der Waals surface area contributed by atoms with Gasteiger partial charge in [-0.05, 0) is 49.4 Å². The number of benzene rings is 1. The zero-order valence-corrected chi connectivity index (χ0v) is 12.3. The van der Waals surface area contributed by atoms with E-state index in [1.54, 1.807) is 18.2 Å². The highest BCUT2D eigenvalue weighted by atomic mass is 32.2. The maximum Gasteiger partial charge on any atom is 0.240 e. The minimum absolute atomic E-state index is 0.206. The molecule has 0 radical (unpaired) electrons. The second-order valence-corrected chi connectivity index (χ2v) is 6.85. The Morgan fingerprint density at radius 1 is 1.40 bits per heavy atom. The fourth-order valence-electron chi connectivity index (χ4n) is 2.09. The van der Waals surface area contributed by atoms with Crippen molar-refractivity contribution in [2.24, 2.45) is 5.92 Å². The Hall–Kier alpha value is -1.35. The summed E-state index contributed by atoms with van der Waals surface area (Å²) in [6, 6.07) is 4.85. The van der Waals surface area contributed by atoms with Gasteiger partial charge in [0.05, 0.1) is 4.90 Å². The minimum Gasteiger partial charge on any atom is -0.384 e. The van der Waals surface area contributed by atoms with E-state index in [-0.39, 0.29) is 11.5 Å². The van der Waals surface area contributed by atoms with Crippen LogP contribution < -0.4 is 4.72 Å². The summed E-state index contributed by atoms with van der Waals surface area (Å²) in [5, 5.41) is 8.67. The Morgan fingerprint density at radius 3 is 2.70 bits per heavy atom. The lowest BCUT2D eigenvalue weighted by Gasteiger charge is -2.25. The monoisotopic (exact) mass is 293 g/mol. The van der Waals surface area contributed by atoms with Gasteiger partial charge < -0.3 is 5.11 Å². The van der Waals surface area contributed by atoms with Crippen molar-refractivity contribution in [2.75, 3.05) is 13.2 Å². The molecule has 1 aromatic rings. The normalized spacial score (nSPS) is 15.3. The molecular formula is C15H19NO3S. The first-order valence-electron chi connectivity index (χ1n) is 6.73. The SMILES string of the molecule is Cc1cc(S(=O)(=O)NCC2CCC2)ccc1C#CCO. The molecule has 0 heterocycles. The maximum absolute atomic E-state index is 12.2. The first-order chi connectivity index (χ1) is 9.53. The molecule has 1 aliphatic rings. The standard InChI is InChI=1S/C15H19NO3S/c1-12-10-15(8-7-14(12)6-3-9-17)20(18,19)16-11-13-4-2-5-13/h7-8,10,13,16-17H,2,4-5,9,11H2,1H3. The van der Waals surface area contributed by atoms with E-state index in [1.807, 2.05) is 6.92 Å². The summed E-state index contributed by atoms with van der Waals surface area (Å²) >= 11 is 0. The zero-order valence-electron chi connectivity index (χ0n) is 11.5. The molecule has 0 aromatic heterocycles. The summed E-state index contributed by atoms with van der Waals surface area (Å²) in [6.07, 6.45) is 3.41. The molecule has 0 saturated heterocycles. The molecule has 1 saturated carbocycles. The second kappa shape index (κ2) is 6.40. The Balaban J connectivity index is 2.12. The third-order valence-corrected chi connectivity index (χ3v) is 5.02. The van der Waals surface area contributed by atoms with Crippen LogP contribution >= 0.6 is 0 Å². The van der Waals surface area contributed by atoms with Crippen molar-refractivity contribution in [1.82, 2.24) is 4.72 Å². The van der Waals surface area contributed by atoms with Crippen molar-refractivity contribution in [3.8, 4) is 11.8 Å². The van der Waals surface area contributed by atoms with Crippen LogP contribution in [0, 0.1) is 24.7 Å². The Bertz CT molecular complexity index is 637. The van der Waals surface area contributed by atoms with Crippen molar-refractivity contribution in [3.05, 3.63) is 29.3 Å². The van der Waals surface area contributed by atoms with Crippen LogP contribution in [0.25, 0.3) is 0 Å². The molecule has 5 heteroatoms. The van der Waals surface area contributed by atoms with Crippen molar-refractivity contribution in [1.29, 1.82) is 0 Å². The van der Waals surface area contributed by atoms with Crippen LogP contribution in [0.5, 0.6) is 0 Å². The predicted molar refractivity (Wildman–Crippen MR) is 77.7 cm³/mol. The smallest absolute Gasteiger partial charge is 0.240 e. The Kier molecular flexibility index (Phi) is 4.81. The molecule has 2 N–H and O–H groups in total. The maximum atomic E-state index is 12.2. The van der Waals surface area contributed by atoms with Gasteiger partial charge in [-0.3, -0.25) is 0 Å². The van der Waals surface area contributed by atoms with E-state index < -0.39 is 10.0 Å². The van der Waals surface area contributed by atoms with E-state index in [4.69, 9.17) is 5.11 Å². The number of aliphatic hydroxyl groups is 1. The molecule has 20 heavy (non-hydrogen) atoms. The van der Waals surface area contributed by atoms with Crippen LogP contribution in [-0.2, 0) is 10.0 Å².